The standard InChI is InChI=1S/C13H7F2NO3/c14-11-7-9(16(18)19)6-10(12(11)15)13(17)8-4-2-1-3-5-8/h1-7H. The molecule has 0 N–H and O–H groups in total. The molecule has 0 bridgehead atoms. The van der Waals surface area contributed by atoms with Gasteiger partial charge in [-0.2, -0.15) is 0 Å². The van der Waals surface area contributed by atoms with E-state index in [-0.39, 0.29) is 5.56 Å². The fourth-order valence-electron chi connectivity index (χ4n) is 1.59. The molecule has 2 aromatic carbocycles. The first-order chi connectivity index (χ1) is 9.00. The van der Waals surface area contributed by atoms with E-state index in [4.69, 9.17) is 0 Å². The number of benzene rings is 2. The zero-order chi connectivity index (χ0) is 14.0. The minimum absolute atomic E-state index is 0.126. The summed E-state index contributed by atoms with van der Waals surface area (Å²) < 4.78 is 26.8. The Bertz CT molecular complexity index is 656. The van der Waals surface area contributed by atoms with E-state index in [0.29, 0.717) is 6.07 Å². The SMILES string of the molecule is O=C(c1ccccc1)c1cc([N+](=O)[O-])cc(F)c1F. The fraction of sp³-hybridized carbons (Fsp3) is 0. The van der Waals surface area contributed by atoms with E-state index in [2.05, 4.69) is 0 Å². The number of hydrogen-bond donors (Lipinski definition) is 0. The van der Waals surface area contributed by atoms with Crippen LogP contribution in [0.4, 0.5) is 14.5 Å². The zero-order valence-corrected chi connectivity index (χ0v) is 9.47. The summed E-state index contributed by atoms with van der Waals surface area (Å²) in [7, 11) is 0. The third-order valence-corrected chi connectivity index (χ3v) is 2.50. The molecule has 0 fully saturated rings. The van der Waals surface area contributed by atoms with E-state index in [9.17, 15) is 23.7 Å². The predicted octanol–water partition coefficient (Wildman–Crippen LogP) is 3.10. The van der Waals surface area contributed by atoms with Gasteiger partial charge in [-0.3, -0.25) is 14.9 Å². The maximum Gasteiger partial charge on any atom is 0.273 e. The summed E-state index contributed by atoms with van der Waals surface area (Å²) in [5.41, 5.74) is -1.20. The minimum atomic E-state index is -1.42. The van der Waals surface area contributed by atoms with E-state index in [1.165, 1.54) is 12.1 Å². The number of carbonyl (C=O) groups is 1. The molecule has 2 aromatic rings. The Morgan fingerprint density at radius 3 is 2.32 bits per heavy atom. The second kappa shape index (κ2) is 4.93. The Hall–Kier alpha value is -2.63. The molecular formula is C13H7F2NO3. The Morgan fingerprint density at radius 1 is 1.11 bits per heavy atom. The van der Waals surface area contributed by atoms with Crippen molar-refractivity contribution in [2.45, 2.75) is 0 Å². The second-order valence-corrected chi connectivity index (χ2v) is 3.74. The highest BCUT2D eigenvalue weighted by molar-refractivity contribution is 6.09. The molecule has 2 rings (SSSR count). The van der Waals surface area contributed by atoms with E-state index < -0.39 is 33.6 Å². The van der Waals surface area contributed by atoms with Gasteiger partial charge in [-0.1, -0.05) is 30.3 Å². The number of nitro groups is 1. The third-order valence-electron chi connectivity index (χ3n) is 2.50. The molecule has 6 heteroatoms. The van der Waals surface area contributed by atoms with Crippen LogP contribution in [0.2, 0.25) is 0 Å². The molecule has 0 saturated carbocycles. The van der Waals surface area contributed by atoms with Crippen molar-refractivity contribution < 1.29 is 18.5 Å². The van der Waals surface area contributed by atoms with Crippen LogP contribution in [0.25, 0.3) is 0 Å². The van der Waals surface area contributed by atoms with Crippen LogP contribution in [0, 0.1) is 21.7 Å². The molecule has 0 aliphatic rings. The molecule has 0 radical (unpaired) electrons. The van der Waals surface area contributed by atoms with Gasteiger partial charge in [0.25, 0.3) is 5.69 Å². The van der Waals surface area contributed by atoms with Crippen LogP contribution in [0.15, 0.2) is 42.5 Å². The number of ketones is 1. The van der Waals surface area contributed by atoms with Crippen molar-refractivity contribution in [3.8, 4) is 0 Å². The van der Waals surface area contributed by atoms with Crippen molar-refractivity contribution in [1.82, 2.24) is 0 Å². The largest absolute Gasteiger partial charge is 0.288 e. The van der Waals surface area contributed by atoms with Crippen LogP contribution in [-0.4, -0.2) is 10.7 Å². The van der Waals surface area contributed by atoms with Crippen LogP contribution < -0.4 is 0 Å². The number of halogens is 2. The lowest BCUT2D eigenvalue weighted by molar-refractivity contribution is -0.385. The second-order valence-electron chi connectivity index (χ2n) is 3.74. The highest BCUT2D eigenvalue weighted by atomic mass is 19.2. The van der Waals surface area contributed by atoms with Crippen LogP contribution in [0.5, 0.6) is 0 Å². The summed E-state index contributed by atoms with van der Waals surface area (Å²) in [6, 6.07) is 8.76. The summed E-state index contributed by atoms with van der Waals surface area (Å²) in [6.45, 7) is 0. The lowest BCUT2D eigenvalue weighted by Crippen LogP contribution is -2.07. The van der Waals surface area contributed by atoms with Gasteiger partial charge in [-0.25, -0.2) is 8.78 Å². The minimum Gasteiger partial charge on any atom is -0.288 e. The van der Waals surface area contributed by atoms with Gasteiger partial charge in [0, 0.05) is 11.6 Å². The molecule has 0 unspecified atom stereocenters. The van der Waals surface area contributed by atoms with E-state index in [1.807, 2.05) is 0 Å². The summed E-state index contributed by atoms with van der Waals surface area (Å²) in [5.74, 6) is -3.62. The van der Waals surface area contributed by atoms with Gasteiger partial charge in [0.2, 0.25) is 0 Å². The Balaban J connectivity index is 2.56. The molecule has 0 aromatic heterocycles. The quantitative estimate of drug-likeness (QED) is 0.485. The summed E-state index contributed by atoms with van der Waals surface area (Å²) >= 11 is 0. The van der Waals surface area contributed by atoms with Crippen molar-refractivity contribution in [2.24, 2.45) is 0 Å². The smallest absolute Gasteiger partial charge is 0.273 e. The lowest BCUT2D eigenvalue weighted by atomic mass is 10.0. The average Bonchev–Trinajstić information content (AvgIpc) is 2.41. The first-order valence-corrected chi connectivity index (χ1v) is 5.24. The van der Waals surface area contributed by atoms with Gasteiger partial charge in [-0.15, -0.1) is 0 Å². The third kappa shape index (κ3) is 2.47. The number of non-ortho nitro benzene ring substituents is 1. The van der Waals surface area contributed by atoms with Crippen molar-refractivity contribution in [1.29, 1.82) is 0 Å². The lowest BCUT2D eigenvalue weighted by Gasteiger charge is -2.03. The first-order valence-electron chi connectivity index (χ1n) is 5.24. The molecule has 19 heavy (non-hydrogen) atoms. The molecule has 0 heterocycles. The van der Waals surface area contributed by atoms with Crippen molar-refractivity contribution in [3.63, 3.8) is 0 Å². The molecule has 96 valence electrons. The maximum atomic E-state index is 13.6. The number of nitro benzene ring substituents is 1. The van der Waals surface area contributed by atoms with Crippen molar-refractivity contribution in [3.05, 3.63) is 75.3 Å². The molecule has 0 amide bonds. The number of nitrogens with zero attached hydrogens (tertiary/aromatic N) is 1. The normalized spacial score (nSPS) is 10.2. The maximum absolute atomic E-state index is 13.6. The molecule has 0 spiro atoms. The van der Waals surface area contributed by atoms with E-state index in [1.54, 1.807) is 18.2 Å². The molecule has 4 nitrogen and oxygen atoms in total. The Labute approximate surface area is 106 Å². The topological polar surface area (TPSA) is 60.2 Å². The van der Waals surface area contributed by atoms with Crippen LogP contribution >= 0.6 is 0 Å². The molecule has 0 atom stereocenters. The number of carbonyl (C=O) groups excluding carboxylic acids is 1. The molecule has 0 aliphatic carbocycles. The predicted molar refractivity (Wildman–Crippen MR) is 62.9 cm³/mol. The van der Waals surface area contributed by atoms with E-state index in [0.717, 1.165) is 6.07 Å². The number of rotatable bonds is 3. The van der Waals surface area contributed by atoms with Gasteiger partial charge >= 0.3 is 0 Å². The molecule has 0 aliphatic heterocycles. The average molecular weight is 263 g/mol. The highest BCUT2D eigenvalue weighted by Crippen LogP contribution is 2.22. The van der Waals surface area contributed by atoms with Gasteiger partial charge in [-0.05, 0) is 0 Å². The summed E-state index contributed by atoms with van der Waals surface area (Å²) in [5, 5.41) is 10.6. The molecular weight excluding hydrogens is 256 g/mol. The van der Waals surface area contributed by atoms with Gasteiger partial charge in [0.15, 0.2) is 17.4 Å². The number of hydrogen-bond acceptors (Lipinski definition) is 3. The van der Waals surface area contributed by atoms with Gasteiger partial charge < -0.3 is 0 Å². The Morgan fingerprint density at radius 2 is 1.74 bits per heavy atom. The summed E-state index contributed by atoms with van der Waals surface area (Å²) in [4.78, 5) is 21.7. The van der Waals surface area contributed by atoms with Gasteiger partial charge in [0.1, 0.15) is 0 Å². The Kier molecular flexibility index (Phi) is 3.33. The van der Waals surface area contributed by atoms with Crippen LogP contribution in [-0.2, 0) is 0 Å². The summed E-state index contributed by atoms with van der Waals surface area (Å²) in [6.07, 6.45) is 0. The first kappa shape index (κ1) is 12.8. The monoisotopic (exact) mass is 263 g/mol. The zero-order valence-electron chi connectivity index (χ0n) is 9.47. The highest BCUT2D eigenvalue weighted by Gasteiger charge is 2.22. The van der Waals surface area contributed by atoms with Crippen molar-refractivity contribution in [2.75, 3.05) is 0 Å². The van der Waals surface area contributed by atoms with Crippen molar-refractivity contribution >= 4 is 11.5 Å². The van der Waals surface area contributed by atoms with Crippen LogP contribution in [0.3, 0.4) is 0 Å². The molecule has 0 saturated heterocycles. The fourth-order valence-corrected chi connectivity index (χ4v) is 1.59. The van der Waals surface area contributed by atoms with E-state index >= 15 is 0 Å². The van der Waals surface area contributed by atoms with Crippen LogP contribution in [0.1, 0.15) is 15.9 Å². The van der Waals surface area contributed by atoms with Gasteiger partial charge in [0.05, 0.1) is 16.6 Å².